The first-order valence-corrected chi connectivity index (χ1v) is 5.66. The van der Waals surface area contributed by atoms with Gasteiger partial charge in [-0.15, -0.1) is 0 Å². The van der Waals surface area contributed by atoms with Gasteiger partial charge in [-0.25, -0.2) is 4.39 Å². The number of hydrogen-bond acceptors (Lipinski definition) is 2. The summed E-state index contributed by atoms with van der Waals surface area (Å²) in [5.41, 5.74) is 6.56. The fourth-order valence-corrected chi connectivity index (χ4v) is 2.33. The maximum absolute atomic E-state index is 13.6. The van der Waals surface area contributed by atoms with E-state index in [1.165, 1.54) is 13.2 Å². The van der Waals surface area contributed by atoms with Crippen molar-refractivity contribution < 1.29 is 9.13 Å². The molecule has 0 heterocycles. The van der Waals surface area contributed by atoms with Crippen molar-refractivity contribution in [2.45, 2.75) is 18.3 Å². The Hall–Kier alpha value is -0.610. The van der Waals surface area contributed by atoms with Crippen molar-refractivity contribution in [2.75, 3.05) is 13.7 Å². The quantitative estimate of drug-likeness (QED) is 0.919. The molecule has 0 unspecified atom stereocenters. The van der Waals surface area contributed by atoms with Gasteiger partial charge in [0.05, 0.1) is 7.11 Å². The van der Waals surface area contributed by atoms with Gasteiger partial charge in [-0.3, -0.25) is 0 Å². The van der Waals surface area contributed by atoms with Gasteiger partial charge in [0.25, 0.3) is 0 Å². The van der Waals surface area contributed by atoms with E-state index in [4.69, 9.17) is 10.5 Å². The molecule has 0 aromatic heterocycles. The van der Waals surface area contributed by atoms with Gasteiger partial charge in [-0.1, -0.05) is 15.9 Å². The van der Waals surface area contributed by atoms with E-state index in [1.54, 1.807) is 0 Å². The van der Waals surface area contributed by atoms with E-state index in [9.17, 15) is 4.39 Å². The zero-order chi connectivity index (χ0) is 11.1. The van der Waals surface area contributed by atoms with Gasteiger partial charge < -0.3 is 10.5 Å². The number of methoxy groups -OCH3 is 1. The van der Waals surface area contributed by atoms with Crippen molar-refractivity contribution >= 4 is 15.9 Å². The van der Waals surface area contributed by atoms with E-state index >= 15 is 0 Å². The molecule has 0 bridgehead atoms. The van der Waals surface area contributed by atoms with Gasteiger partial charge in [0.15, 0.2) is 11.6 Å². The molecule has 1 aromatic rings. The maximum atomic E-state index is 13.6. The van der Waals surface area contributed by atoms with Crippen LogP contribution in [0.5, 0.6) is 5.75 Å². The first-order valence-electron chi connectivity index (χ1n) is 4.86. The summed E-state index contributed by atoms with van der Waals surface area (Å²) in [4.78, 5) is 0. The van der Waals surface area contributed by atoms with Gasteiger partial charge in [0, 0.05) is 22.0 Å². The van der Waals surface area contributed by atoms with Crippen molar-refractivity contribution in [2.24, 2.45) is 5.73 Å². The summed E-state index contributed by atoms with van der Waals surface area (Å²) in [6.45, 7) is 0.541. The molecule has 0 radical (unpaired) electrons. The normalized spacial score (nSPS) is 17.6. The minimum atomic E-state index is -0.332. The van der Waals surface area contributed by atoms with Crippen LogP contribution in [0.25, 0.3) is 0 Å². The predicted molar refractivity (Wildman–Crippen MR) is 60.6 cm³/mol. The van der Waals surface area contributed by atoms with Crippen LogP contribution in [0.2, 0.25) is 0 Å². The second-order valence-electron chi connectivity index (χ2n) is 3.95. The van der Waals surface area contributed by atoms with Crippen LogP contribution in [0.15, 0.2) is 16.6 Å². The fourth-order valence-electron chi connectivity index (χ4n) is 1.90. The van der Waals surface area contributed by atoms with Crippen molar-refractivity contribution in [3.63, 3.8) is 0 Å². The van der Waals surface area contributed by atoms with Gasteiger partial charge in [-0.2, -0.15) is 0 Å². The molecule has 82 valence electrons. The van der Waals surface area contributed by atoms with Crippen LogP contribution >= 0.6 is 15.9 Å². The average molecular weight is 274 g/mol. The van der Waals surface area contributed by atoms with Crippen molar-refractivity contribution in [1.82, 2.24) is 0 Å². The first-order chi connectivity index (χ1) is 7.13. The van der Waals surface area contributed by atoms with E-state index in [1.807, 2.05) is 6.07 Å². The molecule has 2 rings (SSSR count). The molecule has 1 fully saturated rings. The highest BCUT2D eigenvalue weighted by Gasteiger charge is 2.45. The summed E-state index contributed by atoms with van der Waals surface area (Å²) in [7, 11) is 1.49. The zero-order valence-corrected chi connectivity index (χ0v) is 10.1. The van der Waals surface area contributed by atoms with Crippen LogP contribution in [0.3, 0.4) is 0 Å². The lowest BCUT2D eigenvalue weighted by Crippen LogP contribution is -2.21. The molecule has 1 aliphatic rings. The number of hydrogen-bond donors (Lipinski definition) is 1. The second-order valence-corrected chi connectivity index (χ2v) is 4.87. The van der Waals surface area contributed by atoms with Gasteiger partial charge >= 0.3 is 0 Å². The van der Waals surface area contributed by atoms with E-state index in [0.29, 0.717) is 12.3 Å². The molecule has 0 spiro atoms. The molecular weight excluding hydrogens is 261 g/mol. The second kappa shape index (κ2) is 3.76. The molecular formula is C11H13BrFNO. The largest absolute Gasteiger partial charge is 0.493 e. The van der Waals surface area contributed by atoms with Crippen LogP contribution in [-0.2, 0) is 5.41 Å². The summed E-state index contributed by atoms with van der Waals surface area (Å²) in [5.74, 6) is 0.00255. The molecule has 2 N–H and O–H groups in total. The van der Waals surface area contributed by atoms with E-state index in [2.05, 4.69) is 15.9 Å². The lowest BCUT2D eigenvalue weighted by atomic mass is 9.95. The smallest absolute Gasteiger partial charge is 0.166 e. The summed E-state index contributed by atoms with van der Waals surface area (Å²) in [6.07, 6.45) is 2.02. The highest BCUT2D eigenvalue weighted by Crippen LogP contribution is 2.51. The zero-order valence-electron chi connectivity index (χ0n) is 8.52. The fraction of sp³-hybridized carbons (Fsp3) is 0.455. The third-order valence-electron chi connectivity index (χ3n) is 3.03. The maximum Gasteiger partial charge on any atom is 0.166 e. The summed E-state index contributed by atoms with van der Waals surface area (Å²) < 4.78 is 19.4. The number of ether oxygens (including phenoxy) is 1. The Kier molecular flexibility index (Phi) is 2.73. The number of rotatable bonds is 3. The Bertz CT molecular complexity index is 390. The minimum Gasteiger partial charge on any atom is -0.493 e. The Labute approximate surface area is 96.7 Å². The van der Waals surface area contributed by atoms with E-state index in [0.717, 1.165) is 22.9 Å². The molecule has 0 saturated heterocycles. The molecule has 0 amide bonds. The molecule has 2 nitrogen and oxygen atoms in total. The molecule has 1 aromatic carbocycles. The summed E-state index contributed by atoms with van der Waals surface area (Å²) >= 11 is 3.29. The van der Waals surface area contributed by atoms with Gasteiger partial charge in [-0.05, 0) is 25.0 Å². The van der Waals surface area contributed by atoms with Crippen LogP contribution in [0, 0.1) is 5.82 Å². The SMILES string of the molecule is COc1c(F)cc(Br)cc1C1(CN)CC1. The lowest BCUT2D eigenvalue weighted by molar-refractivity contribution is 0.376. The topological polar surface area (TPSA) is 35.2 Å². The number of nitrogens with two attached hydrogens (primary N) is 1. The molecule has 1 aliphatic carbocycles. The van der Waals surface area contributed by atoms with Crippen LogP contribution in [0.4, 0.5) is 4.39 Å². The summed E-state index contributed by atoms with van der Waals surface area (Å²) in [6, 6.07) is 3.32. The van der Waals surface area contributed by atoms with Crippen LogP contribution < -0.4 is 10.5 Å². The first kappa shape index (κ1) is 10.9. The van der Waals surface area contributed by atoms with Crippen molar-refractivity contribution in [1.29, 1.82) is 0 Å². The van der Waals surface area contributed by atoms with Crippen molar-refractivity contribution in [3.05, 3.63) is 28.0 Å². The summed E-state index contributed by atoms with van der Waals surface area (Å²) in [5, 5.41) is 0. The minimum absolute atomic E-state index is 0.0596. The number of benzene rings is 1. The van der Waals surface area contributed by atoms with Gasteiger partial charge in [0.1, 0.15) is 0 Å². The van der Waals surface area contributed by atoms with E-state index < -0.39 is 0 Å². The van der Waals surface area contributed by atoms with Crippen LogP contribution in [-0.4, -0.2) is 13.7 Å². The standard InChI is InChI=1S/C11H13BrFNO/c1-15-10-8(11(6-14)2-3-11)4-7(12)5-9(10)13/h4-5H,2-3,6,14H2,1H3. The Morgan fingerprint density at radius 2 is 2.20 bits per heavy atom. The van der Waals surface area contributed by atoms with E-state index in [-0.39, 0.29) is 11.2 Å². The monoisotopic (exact) mass is 273 g/mol. The molecule has 0 atom stereocenters. The van der Waals surface area contributed by atoms with Gasteiger partial charge in [0.2, 0.25) is 0 Å². The van der Waals surface area contributed by atoms with Crippen LogP contribution in [0.1, 0.15) is 18.4 Å². The predicted octanol–water partition coefficient (Wildman–Crippen LogP) is 2.59. The lowest BCUT2D eigenvalue weighted by Gasteiger charge is -2.17. The Morgan fingerprint density at radius 1 is 1.53 bits per heavy atom. The molecule has 0 aliphatic heterocycles. The third-order valence-corrected chi connectivity index (χ3v) is 3.49. The molecule has 1 saturated carbocycles. The Morgan fingerprint density at radius 3 is 2.67 bits per heavy atom. The number of halogens is 2. The average Bonchev–Trinajstić information content (AvgIpc) is 2.97. The molecule has 4 heteroatoms. The third kappa shape index (κ3) is 1.76. The Balaban J connectivity index is 2.54. The molecule has 15 heavy (non-hydrogen) atoms. The van der Waals surface area contributed by atoms with Crippen molar-refractivity contribution in [3.8, 4) is 5.75 Å². The highest BCUT2D eigenvalue weighted by molar-refractivity contribution is 9.10. The highest BCUT2D eigenvalue weighted by atomic mass is 79.9.